The number of aliphatic hydroxyl groups excluding tert-OH is 1. The molecular weight excluding hydrogens is 280 g/mol. The van der Waals surface area contributed by atoms with E-state index in [0.29, 0.717) is 5.56 Å². The number of nitrogens with two attached hydrogens (primary N) is 1. The lowest BCUT2D eigenvalue weighted by Crippen LogP contribution is -2.28. The van der Waals surface area contributed by atoms with Crippen LogP contribution in [0, 0.1) is 18.8 Å². The van der Waals surface area contributed by atoms with Crippen LogP contribution in [-0.2, 0) is 14.8 Å². The summed E-state index contributed by atoms with van der Waals surface area (Å²) in [6, 6.07) is 4.70. The Morgan fingerprint density at radius 3 is 2.75 bits per heavy atom. The maximum absolute atomic E-state index is 12.1. The Labute approximate surface area is 118 Å². The molecule has 1 aromatic carbocycles. The standard InChI is InChI=1S/C13H16N2O4S/c1-10-4-5-12(11(9-10)3-2-8-16)20(18,19)15-7-6-13(14)17/h4-5,9,15-16H,6-8H2,1H3,(H2,14,17). The van der Waals surface area contributed by atoms with Crippen molar-refractivity contribution in [3.8, 4) is 11.8 Å². The lowest BCUT2D eigenvalue weighted by atomic mass is 10.1. The molecule has 1 amide bonds. The van der Waals surface area contributed by atoms with Crippen LogP contribution in [0.25, 0.3) is 0 Å². The fourth-order valence-corrected chi connectivity index (χ4v) is 2.67. The number of rotatable bonds is 5. The van der Waals surface area contributed by atoms with Gasteiger partial charge in [-0.25, -0.2) is 13.1 Å². The summed E-state index contributed by atoms with van der Waals surface area (Å²) in [5.74, 6) is 4.43. The zero-order chi connectivity index (χ0) is 15.2. The highest BCUT2D eigenvalue weighted by molar-refractivity contribution is 7.89. The molecule has 0 aliphatic heterocycles. The van der Waals surface area contributed by atoms with Crippen molar-refractivity contribution in [1.29, 1.82) is 0 Å². The SMILES string of the molecule is Cc1ccc(S(=O)(=O)NCCC(N)=O)c(C#CCO)c1. The molecule has 1 rings (SSSR count). The predicted octanol–water partition coefficient (Wildman–Crippen LogP) is -0.507. The maximum atomic E-state index is 12.1. The van der Waals surface area contributed by atoms with E-state index in [1.165, 1.54) is 6.07 Å². The van der Waals surface area contributed by atoms with Gasteiger partial charge in [0.05, 0.1) is 4.90 Å². The minimum atomic E-state index is -3.78. The second-order valence-electron chi connectivity index (χ2n) is 4.07. The molecule has 1 aromatic rings. The summed E-state index contributed by atoms with van der Waals surface area (Å²) in [5, 5.41) is 8.70. The van der Waals surface area contributed by atoms with Crippen LogP contribution in [-0.4, -0.2) is 32.6 Å². The van der Waals surface area contributed by atoms with Crippen LogP contribution in [0.1, 0.15) is 17.5 Å². The first-order valence-electron chi connectivity index (χ1n) is 5.85. The Kier molecular flexibility index (Phi) is 5.70. The molecule has 20 heavy (non-hydrogen) atoms. The molecular formula is C13H16N2O4S. The lowest BCUT2D eigenvalue weighted by molar-refractivity contribution is -0.117. The molecule has 0 aromatic heterocycles. The Bertz CT molecular complexity index is 657. The third kappa shape index (κ3) is 4.66. The van der Waals surface area contributed by atoms with Crippen molar-refractivity contribution in [3.05, 3.63) is 29.3 Å². The molecule has 6 nitrogen and oxygen atoms in total. The molecule has 0 saturated heterocycles. The first kappa shape index (κ1) is 16.2. The monoisotopic (exact) mass is 296 g/mol. The minimum absolute atomic E-state index is 0.00789. The van der Waals surface area contributed by atoms with Crippen molar-refractivity contribution in [1.82, 2.24) is 4.72 Å². The first-order chi connectivity index (χ1) is 9.36. The highest BCUT2D eigenvalue weighted by Gasteiger charge is 2.17. The number of amides is 1. The Morgan fingerprint density at radius 2 is 2.15 bits per heavy atom. The molecule has 0 atom stereocenters. The lowest BCUT2D eigenvalue weighted by Gasteiger charge is -2.08. The number of sulfonamides is 1. The van der Waals surface area contributed by atoms with Gasteiger partial charge in [-0.3, -0.25) is 4.79 Å². The molecule has 0 unspecified atom stereocenters. The topological polar surface area (TPSA) is 109 Å². The van der Waals surface area contributed by atoms with Crippen molar-refractivity contribution in [2.45, 2.75) is 18.2 Å². The molecule has 0 aliphatic carbocycles. The van der Waals surface area contributed by atoms with E-state index in [-0.39, 0.29) is 24.5 Å². The van der Waals surface area contributed by atoms with Crippen molar-refractivity contribution >= 4 is 15.9 Å². The molecule has 0 heterocycles. The summed E-state index contributed by atoms with van der Waals surface area (Å²) in [7, 11) is -3.78. The van der Waals surface area contributed by atoms with Crippen LogP contribution in [0.2, 0.25) is 0 Å². The summed E-state index contributed by atoms with van der Waals surface area (Å²) in [5.41, 5.74) is 6.10. The Morgan fingerprint density at radius 1 is 1.45 bits per heavy atom. The van der Waals surface area contributed by atoms with Gasteiger partial charge >= 0.3 is 0 Å². The van der Waals surface area contributed by atoms with Crippen LogP contribution in [0.15, 0.2) is 23.1 Å². The Hall–Kier alpha value is -1.88. The zero-order valence-electron chi connectivity index (χ0n) is 11.0. The number of aryl methyl sites for hydroxylation is 1. The number of hydrogen-bond donors (Lipinski definition) is 3. The molecule has 7 heteroatoms. The van der Waals surface area contributed by atoms with Crippen LogP contribution in [0.4, 0.5) is 0 Å². The number of carbonyl (C=O) groups excluding carboxylic acids is 1. The summed E-state index contributed by atoms with van der Waals surface area (Å²) in [4.78, 5) is 10.6. The van der Waals surface area contributed by atoms with Gasteiger partial charge in [0.2, 0.25) is 15.9 Å². The molecule has 0 spiro atoms. The Balaban J connectivity index is 3.07. The molecule has 0 bridgehead atoms. The van der Waals surface area contributed by atoms with E-state index in [0.717, 1.165) is 5.56 Å². The van der Waals surface area contributed by atoms with E-state index < -0.39 is 15.9 Å². The minimum Gasteiger partial charge on any atom is -0.384 e. The number of hydrogen-bond acceptors (Lipinski definition) is 4. The van der Waals surface area contributed by atoms with Gasteiger partial charge in [-0.1, -0.05) is 17.9 Å². The molecule has 0 radical (unpaired) electrons. The quantitative estimate of drug-likeness (QED) is 0.636. The smallest absolute Gasteiger partial charge is 0.241 e. The van der Waals surface area contributed by atoms with E-state index in [4.69, 9.17) is 10.8 Å². The third-order valence-corrected chi connectivity index (χ3v) is 3.91. The van der Waals surface area contributed by atoms with Crippen LogP contribution >= 0.6 is 0 Å². The highest BCUT2D eigenvalue weighted by Crippen LogP contribution is 2.16. The maximum Gasteiger partial charge on any atom is 0.241 e. The van der Waals surface area contributed by atoms with Gasteiger partial charge in [0, 0.05) is 18.5 Å². The van der Waals surface area contributed by atoms with Gasteiger partial charge in [-0.05, 0) is 24.6 Å². The second-order valence-corrected chi connectivity index (χ2v) is 5.81. The summed E-state index contributed by atoms with van der Waals surface area (Å²) in [6.07, 6.45) is -0.0806. The number of carbonyl (C=O) groups is 1. The van der Waals surface area contributed by atoms with Gasteiger partial charge in [0.15, 0.2) is 0 Å². The fourth-order valence-electron chi connectivity index (χ4n) is 1.50. The van der Waals surface area contributed by atoms with E-state index in [1.54, 1.807) is 19.1 Å². The van der Waals surface area contributed by atoms with E-state index in [1.807, 2.05) is 0 Å². The molecule has 4 N–H and O–H groups in total. The van der Waals surface area contributed by atoms with Crippen molar-refractivity contribution in [2.24, 2.45) is 5.73 Å². The second kappa shape index (κ2) is 7.05. The number of nitrogens with one attached hydrogen (secondary N) is 1. The zero-order valence-corrected chi connectivity index (χ0v) is 11.8. The molecule has 0 aliphatic rings. The van der Waals surface area contributed by atoms with Gasteiger partial charge < -0.3 is 10.8 Å². The largest absolute Gasteiger partial charge is 0.384 e. The number of primary amides is 1. The van der Waals surface area contributed by atoms with E-state index >= 15 is 0 Å². The fraction of sp³-hybridized carbons (Fsp3) is 0.308. The third-order valence-electron chi connectivity index (χ3n) is 2.39. The van der Waals surface area contributed by atoms with E-state index in [2.05, 4.69) is 16.6 Å². The average molecular weight is 296 g/mol. The van der Waals surface area contributed by atoms with Crippen molar-refractivity contribution in [3.63, 3.8) is 0 Å². The van der Waals surface area contributed by atoms with E-state index in [9.17, 15) is 13.2 Å². The van der Waals surface area contributed by atoms with Gasteiger partial charge in [0.1, 0.15) is 6.61 Å². The average Bonchev–Trinajstić information content (AvgIpc) is 2.35. The van der Waals surface area contributed by atoms with Crippen molar-refractivity contribution in [2.75, 3.05) is 13.2 Å². The molecule has 108 valence electrons. The highest BCUT2D eigenvalue weighted by atomic mass is 32.2. The number of aliphatic hydroxyl groups is 1. The van der Waals surface area contributed by atoms with Gasteiger partial charge in [0.25, 0.3) is 0 Å². The van der Waals surface area contributed by atoms with Gasteiger partial charge in [-0.15, -0.1) is 0 Å². The molecule has 0 fully saturated rings. The number of benzene rings is 1. The summed E-state index contributed by atoms with van der Waals surface area (Å²) >= 11 is 0. The van der Waals surface area contributed by atoms with Crippen LogP contribution in [0.3, 0.4) is 0 Å². The first-order valence-corrected chi connectivity index (χ1v) is 7.33. The summed E-state index contributed by atoms with van der Waals surface area (Å²) in [6.45, 7) is 1.38. The van der Waals surface area contributed by atoms with Crippen LogP contribution in [0.5, 0.6) is 0 Å². The molecule has 0 saturated carbocycles. The van der Waals surface area contributed by atoms with Crippen LogP contribution < -0.4 is 10.5 Å². The normalized spacial score (nSPS) is 10.7. The van der Waals surface area contributed by atoms with Crippen molar-refractivity contribution < 1.29 is 18.3 Å². The predicted molar refractivity (Wildman–Crippen MR) is 74.1 cm³/mol. The van der Waals surface area contributed by atoms with Gasteiger partial charge in [-0.2, -0.15) is 0 Å². The summed E-state index contributed by atoms with van der Waals surface area (Å²) < 4.78 is 26.5.